The monoisotopic (exact) mass is 269 g/mol. The van der Waals surface area contributed by atoms with Crippen molar-refractivity contribution >= 4 is 11.3 Å². The maximum absolute atomic E-state index is 5.50. The molecule has 2 nitrogen and oxygen atoms in total. The van der Waals surface area contributed by atoms with E-state index in [1.807, 2.05) is 0 Å². The van der Waals surface area contributed by atoms with E-state index in [0.29, 0.717) is 6.04 Å². The predicted octanol–water partition coefficient (Wildman–Crippen LogP) is 3.86. The number of nitrogens with one attached hydrogen (secondary N) is 1. The summed E-state index contributed by atoms with van der Waals surface area (Å²) in [6.45, 7) is 7.64. The summed E-state index contributed by atoms with van der Waals surface area (Å²) in [5, 5.41) is 8.06. The lowest BCUT2D eigenvalue weighted by molar-refractivity contribution is 0.0117. The zero-order valence-electron chi connectivity index (χ0n) is 12.2. The van der Waals surface area contributed by atoms with Crippen molar-refractivity contribution in [2.75, 3.05) is 13.7 Å². The normalized spacial score (nSPS) is 13.8. The number of methoxy groups -OCH3 is 1. The number of rotatable bonds is 9. The molecule has 0 fully saturated rings. The third kappa shape index (κ3) is 5.98. The molecule has 1 aromatic heterocycles. The van der Waals surface area contributed by atoms with E-state index in [-0.39, 0.29) is 5.60 Å². The van der Waals surface area contributed by atoms with Crippen LogP contribution in [0, 0.1) is 0 Å². The molecule has 0 aromatic carbocycles. The Balaban J connectivity index is 2.45. The Morgan fingerprint density at radius 2 is 2.22 bits per heavy atom. The van der Waals surface area contributed by atoms with Gasteiger partial charge >= 0.3 is 0 Å². The molecule has 1 atom stereocenters. The summed E-state index contributed by atoms with van der Waals surface area (Å²) < 4.78 is 5.50. The second-order valence-corrected chi connectivity index (χ2v) is 6.27. The first-order chi connectivity index (χ1) is 8.57. The lowest BCUT2D eigenvalue weighted by atomic mass is 9.96. The van der Waals surface area contributed by atoms with Crippen molar-refractivity contribution in [3.05, 3.63) is 22.4 Å². The highest BCUT2D eigenvalue weighted by atomic mass is 32.1. The fraction of sp³-hybridized carbons (Fsp3) is 0.733. The molecule has 1 aromatic rings. The van der Waals surface area contributed by atoms with Gasteiger partial charge in [0.2, 0.25) is 0 Å². The first-order valence-electron chi connectivity index (χ1n) is 6.87. The van der Waals surface area contributed by atoms with Crippen molar-refractivity contribution in [2.45, 2.75) is 58.1 Å². The second kappa shape index (κ2) is 7.93. The minimum atomic E-state index is -0.0131. The molecule has 0 saturated carbocycles. The lowest BCUT2D eigenvalue weighted by Crippen LogP contribution is -2.34. The molecule has 0 spiro atoms. The summed E-state index contributed by atoms with van der Waals surface area (Å²) in [6.07, 6.45) is 4.57. The van der Waals surface area contributed by atoms with Gasteiger partial charge in [0.25, 0.3) is 0 Å². The Labute approximate surface area is 116 Å². The Bertz CT molecular complexity index is 308. The Kier molecular flexibility index (Phi) is 6.90. The molecule has 0 saturated heterocycles. The van der Waals surface area contributed by atoms with Crippen LogP contribution < -0.4 is 5.32 Å². The van der Waals surface area contributed by atoms with Gasteiger partial charge in [0.05, 0.1) is 5.60 Å². The van der Waals surface area contributed by atoms with Gasteiger partial charge in [0.15, 0.2) is 0 Å². The number of thiophene rings is 1. The third-order valence-electron chi connectivity index (χ3n) is 3.39. The number of ether oxygens (including phenoxy) is 1. The van der Waals surface area contributed by atoms with Gasteiger partial charge in [0.1, 0.15) is 0 Å². The summed E-state index contributed by atoms with van der Waals surface area (Å²) in [5.74, 6) is 0. The zero-order chi connectivity index (χ0) is 13.4. The third-order valence-corrected chi connectivity index (χ3v) is 4.12. The van der Waals surface area contributed by atoms with Crippen molar-refractivity contribution in [2.24, 2.45) is 0 Å². The molecule has 1 N–H and O–H groups in total. The summed E-state index contributed by atoms with van der Waals surface area (Å²) >= 11 is 1.78. The van der Waals surface area contributed by atoms with E-state index in [4.69, 9.17) is 4.74 Å². The molecule has 0 aliphatic heterocycles. The Hall–Kier alpha value is -0.380. The summed E-state index contributed by atoms with van der Waals surface area (Å²) in [5.41, 5.74) is 1.43. The van der Waals surface area contributed by atoms with E-state index in [1.165, 1.54) is 12.0 Å². The molecule has 0 aliphatic rings. The molecule has 0 bridgehead atoms. The smallest absolute Gasteiger partial charge is 0.0623 e. The van der Waals surface area contributed by atoms with Gasteiger partial charge < -0.3 is 10.1 Å². The zero-order valence-corrected chi connectivity index (χ0v) is 13.0. The quantitative estimate of drug-likeness (QED) is 0.735. The van der Waals surface area contributed by atoms with E-state index in [0.717, 1.165) is 25.8 Å². The SMILES string of the molecule is CCCNC(CCC(C)(C)OC)Cc1ccsc1. The standard InChI is InChI=1S/C15H27NOS/c1-5-9-16-14(6-8-15(2,3)17-4)11-13-7-10-18-12-13/h7,10,12,14,16H,5-6,8-9,11H2,1-4H3. The van der Waals surface area contributed by atoms with Crippen LogP contribution in [0.5, 0.6) is 0 Å². The maximum atomic E-state index is 5.50. The first kappa shape index (κ1) is 15.7. The van der Waals surface area contributed by atoms with E-state index in [2.05, 4.69) is 42.9 Å². The molecule has 104 valence electrons. The van der Waals surface area contributed by atoms with Crippen LogP contribution in [0.2, 0.25) is 0 Å². The van der Waals surface area contributed by atoms with Crippen molar-refractivity contribution < 1.29 is 4.74 Å². The molecule has 1 heterocycles. The van der Waals surface area contributed by atoms with Crippen LogP contribution in [-0.4, -0.2) is 25.3 Å². The van der Waals surface area contributed by atoms with Crippen molar-refractivity contribution in [3.63, 3.8) is 0 Å². The number of hydrogen-bond donors (Lipinski definition) is 1. The van der Waals surface area contributed by atoms with Crippen LogP contribution in [0.25, 0.3) is 0 Å². The fourth-order valence-corrected chi connectivity index (χ4v) is 2.62. The van der Waals surface area contributed by atoms with Crippen LogP contribution >= 0.6 is 11.3 Å². The minimum Gasteiger partial charge on any atom is -0.379 e. The van der Waals surface area contributed by atoms with Gasteiger partial charge in [-0.2, -0.15) is 11.3 Å². The minimum absolute atomic E-state index is 0.0131. The molecule has 0 amide bonds. The van der Waals surface area contributed by atoms with E-state index in [9.17, 15) is 0 Å². The predicted molar refractivity (Wildman–Crippen MR) is 80.4 cm³/mol. The fourth-order valence-electron chi connectivity index (χ4n) is 1.94. The largest absolute Gasteiger partial charge is 0.379 e. The lowest BCUT2D eigenvalue weighted by Gasteiger charge is -2.26. The molecule has 3 heteroatoms. The average Bonchev–Trinajstić information content (AvgIpc) is 2.85. The Morgan fingerprint density at radius 1 is 1.44 bits per heavy atom. The van der Waals surface area contributed by atoms with E-state index < -0.39 is 0 Å². The van der Waals surface area contributed by atoms with Gasteiger partial charge in [-0.25, -0.2) is 0 Å². The molecule has 0 radical (unpaired) electrons. The summed E-state index contributed by atoms with van der Waals surface area (Å²) in [6, 6.07) is 2.79. The van der Waals surface area contributed by atoms with Crippen LogP contribution in [0.4, 0.5) is 0 Å². The van der Waals surface area contributed by atoms with Crippen LogP contribution in [-0.2, 0) is 11.2 Å². The molecule has 0 aliphatic carbocycles. The average molecular weight is 269 g/mol. The summed E-state index contributed by atoms with van der Waals surface area (Å²) in [4.78, 5) is 0. The van der Waals surface area contributed by atoms with E-state index >= 15 is 0 Å². The Morgan fingerprint density at radius 3 is 2.78 bits per heavy atom. The van der Waals surface area contributed by atoms with E-state index in [1.54, 1.807) is 18.4 Å². The highest BCUT2D eigenvalue weighted by Gasteiger charge is 2.19. The van der Waals surface area contributed by atoms with Crippen LogP contribution in [0.3, 0.4) is 0 Å². The van der Waals surface area contributed by atoms with Gasteiger partial charge in [-0.15, -0.1) is 0 Å². The van der Waals surface area contributed by atoms with Gasteiger partial charge in [0, 0.05) is 13.2 Å². The van der Waals surface area contributed by atoms with Gasteiger partial charge in [-0.3, -0.25) is 0 Å². The number of hydrogen-bond acceptors (Lipinski definition) is 3. The van der Waals surface area contributed by atoms with Gasteiger partial charge in [-0.05, 0) is 68.5 Å². The van der Waals surface area contributed by atoms with Crippen molar-refractivity contribution in [1.82, 2.24) is 5.32 Å². The van der Waals surface area contributed by atoms with Gasteiger partial charge in [-0.1, -0.05) is 6.92 Å². The molecule has 18 heavy (non-hydrogen) atoms. The summed E-state index contributed by atoms with van der Waals surface area (Å²) in [7, 11) is 1.80. The first-order valence-corrected chi connectivity index (χ1v) is 7.81. The second-order valence-electron chi connectivity index (χ2n) is 5.49. The topological polar surface area (TPSA) is 21.3 Å². The highest BCUT2D eigenvalue weighted by Crippen LogP contribution is 2.19. The molecular weight excluding hydrogens is 242 g/mol. The van der Waals surface area contributed by atoms with Crippen molar-refractivity contribution in [1.29, 1.82) is 0 Å². The maximum Gasteiger partial charge on any atom is 0.0623 e. The van der Waals surface area contributed by atoms with Crippen molar-refractivity contribution in [3.8, 4) is 0 Å². The van der Waals surface area contributed by atoms with Crippen LogP contribution in [0.1, 0.15) is 45.6 Å². The van der Waals surface area contributed by atoms with Crippen LogP contribution in [0.15, 0.2) is 16.8 Å². The molecular formula is C15H27NOS. The highest BCUT2D eigenvalue weighted by molar-refractivity contribution is 7.07. The molecule has 1 unspecified atom stereocenters. The molecule has 1 rings (SSSR count).